The second-order valence-electron chi connectivity index (χ2n) is 3.83. The normalized spacial score (nSPS) is 14.0. The molecule has 0 aliphatic heterocycles. The van der Waals surface area contributed by atoms with Crippen molar-refractivity contribution in [1.29, 1.82) is 5.26 Å². The molecule has 0 saturated heterocycles. The second-order valence-corrected chi connectivity index (χ2v) is 3.83. The van der Waals surface area contributed by atoms with Crippen molar-refractivity contribution in [3.63, 3.8) is 0 Å². The van der Waals surface area contributed by atoms with Crippen molar-refractivity contribution in [1.82, 2.24) is 4.98 Å². The van der Waals surface area contributed by atoms with E-state index in [9.17, 15) is 0 Å². The summed E-state index contributed by atoms with van der Waals surface area (Å²) in [7, 11) is 0. The Bertz CT molecular complexity index is 354. The highest BCUT2D eigenvalue weighted by atomic mass is 15.0. The van der Waals surface area contributed by atoms with Gasteiger partial charge in [0.1, 0.15) is 11.9 Å². The zero-order valence-electron chi connectivity index (χ0n) is 9.49. The van der Waals surface area contributed by atoms with E-state index in [2.05, 4.69) is 37.1 Å². The van der Waals surface area contributed by atoms with Gasteiger partial charge in [-0.05, 0) is 25.0 Å². The van der Waals surface area contributed by atoms with Crippen LogP contribution in [0.3, 0.4) is 0 Å². The molecule has 0 fully saturated rings. The number of nitriles is 1. The van der Waals surface area contributed by atoms with Crippen LogP contribution >= 0.6 is 0 Å². The van der Waals surface area contributed by atoms with Gasteiger partial charge in [-0.1, -0.05) is 20.3 Å². The molecule has 0 bridgehead atoms. The molecule has 0 aliphatic rings. The van der Waals surface area contributed by atoms with Crippen LogP contribution in [0.5, 0.6) is 0 Å². The van der Waals surface area contributed by atoms with Crippen LogP contribution in [0.25, 0.3) is 0 Å². The number of aromatic nitrogens is 1. The van der Waals surface area contributed by atoms with E-state index in [4.69, 9.17) is 5.26 Å². The molecule has 0 amide bonds. The molecule has 2 atom stereocenters. The van der Waals surface area contributed by atoms with Crippen LogP contribution < -0.4 is 5.32 Å². The Morgan fingerprint density at radius 1 is 1.53 bits per heavy atom. The number of rotatable bonds is 4. The van der Waals surface area contributed by atoms with E-state index < -0.39 is 0 Å². The SMILES string of the molecule is CCC(C)C(C)Nc1ncccc1C#N. The number of nitrogens with one attached hydrogen (secondary N) is 1. The summed E-state index contributed by atoms with van der Waals surface area (Å²) in [4.78, 5) is 4.17. The maximum atomic E-state index is 8.90. The maximum absolute atomic E-state index is 8.90. The largest absolute Gasteiger partial charge is 0.366 e. The third kappa shape index (κ3) is 2.95. The van der Waals surface area contributed by atoms with Crippen molar-refractivity contribution in [2.75, 3.05) is 5.32 Å². The molecular weight excluding hydrogens is 186 g/mol. The van der Waals surface area contributed by atoms with Crippen molar-refractivity contribution in [3.8, 4) is 6.07 Å². The minimum absolute atomic E-state index is 0.331. The van der Waals surface area contributed by atoms with Crippen LogP contribution in [0.15, 0.2) is 18.3 Å². The number of hydrogen-bond acceptors (Lipinski definition) is 3. The molecule has 1 heterocycles. The van der Waals surface area contributed by atoms with Crippen LogP contribution in [-0.2, 0) is 0 Å². The van der Waals surface area contributed by atoms with Gasteiger partial charge >= 0.3 is 0 Å². The summed E-state index contributed by atoms with van der Waals surface area (Å²) in [6, 6.07) is 6.02. The fraction of sp³-hybridized carbons (Fsp3) is 0.500. The highest BCUT2D eigenvalue weighted by Gasteiger charge is 2.12. The molecule has 1 N–H and O–H groups in total. The first-order valence-electron chi connectivity index (χ1n) is 5.30. The van der Waals surface area contributed by atoms with Gasteiger partial charge in [0.15, 0.2) is 0 Å². The molecule has 0 saturated carbocycles. The predicted molar refractivity (Wildman–Crippen MR) is 61.5 cm³/mol. The number of nitrogens with zero attached hydrogens (tertiary/aromatic N) is 2. The van der Waals surface area contributed by atoms with Gasteiger partial charge in [0.05, 0.1) is 5.56 Å². The first kappa shape index (κ1) is 11.5. The fourth-order valence-corrected chi connectivity index (χ4v) is 1.32. The minimum atomic E-state index is 0.331. The van der Waals surface area contributed by atoms with Crippen molar-refractivity contribution in [3.05, 3.63) is 23.9 Å². The molecule has 3 heteroatoms. The molecular formula is C12H17N3. The van der Waals surface area contributed by atoms with Crippen LogP contribution in [0.2, 0.25) is 0 Å². The van der Waals surface area contributed by atoms with E-state index in [0.29, 0.717) is 23.3 Å². The van der Waals surface area contributed by atoms with Crippen molar-refractivity contribution >= 4 is 5.82 Å². The highest BCUT2D eigenvalue weighted by Crippen LogP contribution is 2.15. The lowest BCUT2D eigenvalue weighted by atomic mass is 10.0. The standard InChI is InChI=1S/C12H17N3/c1-4-9(2)10(3)15-12-11(8-13)6-5-7-14-12/h5-7,9-10H,4H2,1-3H3,(H,14,15). The maximum Gasteiger partial charge on any atom is 0.144 e. The summed E-state index contributed by atoms with van der Waals surface area (Å²) >= 11 is 0. The van der Waals surface area contributed by atoms with Gasteiger partial charge in [0.2, 0.25) is 0 Å². The molecule has 0 spiro atoms. The number of hydrogen-bond donors (Lipinski definition) is 1. The molecule has 1 aromatic heterocycles. The summed E-state index contributed by atoms with van der Waals surface area (Å²) in [6.07, 6.45) is 2.81. The Kier molecular flexibility index (Phi) is 4.11. The zero-order valence-corrected chi connectivity index (χ0v) is 9.49. The average molecular weight is 203 g/mol. The van der Waals surface area contributed by atoms with Gasteiger partial charge in [0.25, 0.3) is 0 Å². The van der Waals surface area contributed by atoms with Gasteiger partial charge in [0, 0.05) is 12.2 Å². The van der Waals surface area contributed by atoms with Gasteiger partial charge in [-0.2, -0.15) is 5.26 Å². The van der Waals surface area contributed by atoms with Crippen LogP contribution in [0.4, 0.5) is 5.82 Å². The third-order valence-electron chi connectivity index (χ3n) is 2.79. The summed E-state index contributed by atoms with van der Waals surface area (Å²) in [5.74, 6) is 1.26. The molecule has 15 heavy (non-hydrogen) atoms. The third-order valence-corrected chi connectivity index (χ3v) is 2.79. The lowest BCUT2D eigenvalue weighted by Crippen LogP contribution is -2.24. The van der Waals surface area contributed by atoms with Gasteiger partial charge < -0.3 is 5.32 Å². The summed E-state index contributed by atoms with van der Waals surface area (Å²) in [5, 5.41) is 12.2. The zero-order chi connectivity index (χ0) is 11.3. The lowest BCUT2D eigenvalue weighted by molar-refractivity contribution is 0.493. The molecule has 1 rings (SSSR count). The Morgan fingerprint density at radius 3 is 2.87 bits per heavy atom. The summed E-state index contributed by atoms with van der Waals surface area (Å²) < 4.78 is 0. The van der Waals surface area contributed by atoms with Crippen molar-refractivity contribution in [2.45, 2.75) is 33.2 Å². The molecule has 2 unspecified atom stereocenters. The van der Waals surface area contributed by atoms with E-state index in [1.165, 1.54) is 0 Å². The van der Waals surface area contributed by atoms with Gasteiger partial charge in [-0.25, -0.2) is 4.98 Å². The minimum Gasteiger partial charge on any atom is -0.366 e. The smallest absolute Gasteiger partial charge is 0.144 e. The van der Waals surface area contributed by atoms with Crippen LogP contribution in [0, 0.1) is 17.2 Å². The number of anilines is 1. The number of pyridine rings is 1. The van der Waals surface area contributed by atoms with Crippen LogP contribution in [0.1, 0.15) is 32.8 Å². The Morgan fingerprint density at radius 2 is 2.27 bits per heavy atom. The topological polar surface area (TPSA) is 48.7 Å². The first-order valence-corrected chi connectivity index (χ1v) is 5.30. The van der Waals surface area contributed by atoms with Gasteiger partial charge in [-0.3, -0.25) is 0 Å². The quantitative estimate of drug-likeness (QED) is 0.818. The van der Waals surface area contributed by atoms with E-state index >= 15 is 0 Å². The monoisotopic (exact) mass is 203 g/mol. The lowest BCUT2D eigenvalue weighted by Gasteiger charge is -2.20. The van der Waals surface area contributed by atoms with Crippen molar-refractivity contribution in [2.24, 2.45) is 5.92 Å². The highest BCUT2D eigenvalue weighted by molar-refractivity contribution is 5.51. The van der Waals surface area contributed by atoms with E-state index in [0.717, 1.165) is 6.42 Å². The Balaban J connectivity index is 2.77. The predicted octanol–water partition coefficient (Wildman–Crippen LogP) is 2.80. The Hall–Kier alpha value is -1.56. The van der Waals surface area contributed by atoms with Gasteiger partial charge in [-0.15, -0.1) is 0 Å². The fourth-order valence-electron chi connectivity index (χ4n) is 1.32. The second kappa shape index (κ2) is 5.35. The molecule has 80 valence electrons. The molecule has 0 aliphatic carbocycles. The van der Waals surface area contributed by atoms with Crippen LogP contribution in [-0.4, -0.2) is 11.0 Å². The first-order chi connectivity index (χ1) is 7.19. The van der Waals surface area contributed by atoms with E-state index in [1.54, 1.807) is 18.3 Å². The average Bonchev–Trinajstić information content (AvgIpc) is 2.28. The molecule has 1 aromatic rings. The van der Waals surface area contributed by atoms with E-state index in [-0.39, 0.29) is 0 Å². The summed E-state index contributed by atoms with van der Waals surface area (Å²) in [5.41, 5.74) is 0.604. The Labute approximate surface area is 91.1 Å². The molecule has 0 radical (unpaired) electrons. The molecule has 0 aromatic carbocycles. The molecule has 3 nitrogen and oxygen atoms in total. The van der Waals surface area contributed by atoms with E-state index in [1.807, 2.05) is 0 Å². The van der Waals surface area contributed by atoms with Crippen molar-refractivity contribution < 1.29 is 0 Å². The summed E-state index contributed by atoms with van der Waals surface area (Å²) in [6.45, 7) is 6.46.